The predicted molar refractivity (Wildman–Crippen MR) is 71.1 cm³/mol. The number of unbranched alkanes of at least 4 members (excludes halogenated alkanes) is 2. The summed E-state index contributed by atoms with van der Waals surface area (Å²) in [6.45, 7) is 5.63. The first-order valence-electron chi connectivity index (χ1n) is 5.96. The smallest absolute Gasteiger partial charge is 0.132 e. The van der Waals surface area contributed by atoms with Gasteiger partial charge in [0.1, 0.15) is 5.69 Å². The van der Waals surface area contributed by atoms with E-state index >= 15 is 0 Å². The first-order chi connectivity index (χ1) is 7.06. The molecule has 0 aliphatic carbocycles. The maximum atomic E-state index is 2.29. The Kier molecular flexibility index (Phi) is 6.31. The highest BCUT2D eigenvalue weighted by atomic mass is 16.0. The van der Waals surface area contributed by atoms with Crippen LogP contribution in [0.2, 0.25) is 0 Å². The number of quaternary nitrogens is 1. The lowest BCUT2D eigenvalue weighted by Crippen LogP contribution is -2.41. The number of nitrogens with zero attached hydrogens (tertiary/aromatic N) is 1. The van der Waals surface area contributed by atoms with E-state index in [4.69, 9.17) is 0 Å². The van der Waals surface area contributed by atoms with Crippen LogP contribution in [-0.4, -0.2) is 26.1 Å². The van der Waals surface area contributed by atoms with Gasteiger partial charge in [-0.1, -0.05) is 31.0 Å². The van der Waals surface area contributed by atoms with E-state index in [1.807, 2.05) is 0 Å². The largest absolute Gasteiger partial charge is 0.870 e. The lowest BCUT2D eigenvalue weighted by atomic mass is 10.1. The van der Waals surface area contributed by atoms with Crippen molar-refractivity contribution in [2.75, 3.05) is 20.6 Å². The van der Waals surface area contributed by atoms with Gasteiger partial charge in [-0.05, 0) is 31.9 Å². The van der Waals surface area contributed by atoms with E-state index in [0.717, 1.165) is 4.48 Å². The molecule has 0 saturated carbocycles. The highest BCUT2D eigenvalue weighted by Gasteiger charge is 2.17. The van der Waals surface area contributed by atoms with Crippen LogP contribution >= 0.6 is 0 Å². The SMILES string of the molecule is CCCCC[N+](C)(C)c1ccc(C)cc1.[OH-]. The van der Waals surface area contributed by atoms with Crippen LogP contribution in [0, 0.1) is 6.92 Å². The number of hydrogen-bond acceptors (Lipinski definition) is 1. The zero-order valence-corrected chi connectivity index (χ0v) is 11.0. The van der Waals surface area contributed by atoms with Crippen molar-refractivity contribution in [2.45, 2.75) is 33.1 Å². The molecule has 2 nitrogen and oxygen atoms in total. The van der Waals surface area contributed by atoms with E-state index in [2.05, 4.69) is 52.2 Å². The molecule has 0 radical (unpaired) electrons. The Morgan fingerprint density at radius 2 is 1.56 bits per heavy atom. The second-order valence-corrected chi connectivity index (χ2v) is 4.95. The molecule has 0 aromatic heterocycles. The Morgan fingerprint density at radius 1 is 1.00 bits per heavy atom. The molecule has 1 rings (SSSR count). The first kappa shape index (κ1) is 15.1. The summed E-state index contributed by atoms with van der Waals surface area (Å²) in [6, 6.07) is 8.91. The molecular weight excluding hydrogens is 198 g/mol. The standard InChI is InChI=1S/C14H24N.H2O/c1-5-6-7-12-15(3,4)14-10-8-13(2)9-11-14;/h8-11H,5-7,12H2,1-4H3;1H2/q+1;/p-1. The van der Waals surface area contributed by atoms with Crippen LogP contribution in [0.4, 0.5) is 5.69 Å². The molecule has 0 heterocycles. The Morgan fingerprint density at radius 3 is 2.06 bits per heavy atom. The van der Waals surface area contributed by atoms with Gasteiger partial charge < -0.3 is 5.48 Å². The molecule has 0 spiro atoms. The van der Waals surface area contributed by atoms with Crippen molar-refractivity contribution in [2.24, 2.45) is 0 Å². The zero-order chi connectivity index (χ0) is 11.3. The molecular formula is C14H25NO. The van der Waals surface area contributed by atoms with Crippen molar-refractivity contribution in [3.05, 3.63) is 29.8 Å². The molecule has 0 bridgehead atoms. The van der Waals surface area contributed by atoms with Crippen LogP contribution in [0.25, 0.3) is 0 Å². The summed E-state index contributed by atoms with van der Waals surface area (Å²) in [5.74, 6) is 0. The molecule has 0 fully saturated rings. The second kappa shape index (κ2) is 6.66. The van der Waals surface area contributed by atoms with Gasteiger partial charge in [-0.2, -0.15) is 0 Å². The minimum Gasteiger partial charge on any atom is -0.870 e. The average Bonchev–Trinajstić information content (AvgIpc) is 2.18. The predicted octanol–water partition coefficient (Wildman–Crippen LogP) is 3.58. The molecule has 1 aromatic carbocycles. The highest BCUT2D eigenvalue weighted by Crippen LogP contribution is 2.20. The molecule has 0 aliphatic heterocycles. The van der Waals surface area contributed by atoms with Gasteiger partial charge in [0.05, 0.1) is 20.6 Å². The lowest BCUT2D eigenvalue weighted by molar-refractivity contribution is 0.384. The summed E-state index contributed by atoms with van der Waals surface area (Å²) in [5, 5.41) is 0. The monoisotopic (exact) mass is 223 g/mol. The topological polar surface area (TPSA) is 30.0 Å². The fraction of sp³-hybridized carbons (Fsp3) is 0.571. The molecule has 0 aliphatic rings. The summed E-state index contributed by atoms with van der Waals surface area (Å²) in [7, 11) is 4.58. The normalized spacial score (nSPS) is 11.0. The van der Waals surface area contributed by atoms with Crippen molar-refractivity contribution in [3.8, 4) is 0 Å². The molecule has 2 heteroatoms. The van der Waals surface area contributed by atoms with Gasteiger partial charge in [0.25, 0.3) is 0 Å². The molecule has 0 atom stereocenters. The van der Waals surface area contributed by atoms with Gasteiger partial charge in [-0.15, -0.1) is 0 Å². The highest BCUT2D eigenvalue weighted by molar-refractivity contribution is 5.42. The van der Waals surface area contributed by atoms with Crippen molar-refractivity contribution in [1.82, 2.24) is 4.48 Å². The van der Waals surface area contributed by atoms with Gasteiger partial charge in [0.2, 0.25) is 0 Å². The van der Waals surface area contributed by atoms with Crippen molar-refractivity contribution >= 4 is 5.69 Å². The van der Waals surface area contributed by atoms with Crippen LogP contribution in [0.3, 0.4) is 0 Å². The molecule has 0 saturated heterocycles. The van der Waals surface area contributed by atoms with E-state index in [9.17, 15) is 0 Å². The Labute approximate surface area is 99.8 Å². The Balaban J connectivity index is 0.00000225. The van der Waals surface area contributed by atoms with E-state index in [0.29, 0.717) is 0 Å². The molecule has 92 valence electrons. The van der Waals surface area contributed by atoms with Crippen LogP contribution in [0.5, 0.6) is 0 Å². The van der Waals surface area contributed by atoms with Crippen LogP contribution in [-0.2, 0) is 0 Å². The second-order valence-electron chi connectivity index (χ2n) is 4.95. The van der Waals surface area contributed by atoms with Crippen molar-refractivity contribution < 1.29 is 5.48 Å². The quantitative estimate of drug-likeness (QED) is 0.554. The molecule has 0 amide bonds. The maximum absolute atomic E-state index is 2.29. The van der Waals surface area contributed by atoms with Crippen molar-refractivity contribution in [3.63, 3.8) is 0 Å². The van der Waals surface area contributed by atoms with E-state index < -0.39 is 0 Å². The summed E-state index contributed by atoms with van der Waals surface area (Å²) in [6.07, 6.45) is 3.96. The maximum Gasteiger partial charge on any atom is 0.132 e. The molecule has 1 aromatic rings. The third kappa shape index (κ3) is 4.33. The summed E-state index contributed by atoms with van der Waals surface area (Å²) in [5.41, 5.74) is 2.75. The fourth-order valence-electron chi connectivity index (χ4n) is 1.83. The Hall–Kier alpha value is -0.860. The summed E-state index contributed by atoms with van der Waals surface area (Å²) < 4.78 is 1.00. The van der Waals surface area contributed by atoms with Gasteiger partial charge in [-0.3, -0.25) is 4.48 Å². The third-order valence-electron chi connectivity index (χ3n) is 3.05. The van der Waals surface area contributed by atoms with E-state index in [-0.39, 0.29) is 5.48 Å². The van der Waals surface area contributed by atoms with Gasteiger partial charge in [-0.25, -0.2) is 0 Å². The number of benzene rings is 1. The summed E-state index contributed by atoms with van der Waals surface area (Å²) in [4.78, 5) is 0. The zero-order valence-electron chi connectivity index (χ0n) is 11.0. The first-order valence-corrected chi connectivity index (χ1v) is 5.96. The van der Waals surface area contributed by atoms with E-state index in [1.165, 1.54) is 37.1 Å². The number of rotatable bonds is 5. The summed E-state index contributed by atoms with van der Waals surface area (Å²) >= 11 is 0. The third-order valence-corrected chi connectivity index (χ3v) is 3.05. The molecule has 1 N–H and O–H groups in total. The van der Waals surface area contributed by atoms with Crippen molar-refractivity contribution in [1.29, 1.82) is 0 Å². The molecule has 16 heavy (non-hydrogen) atoms. The van der Waals surface area contributed by atoms with Gasteiger partial charge in [0.15, 0.2) is 0 Å². The van der Waals surface area contributed by atoms with Gasteiger partial charge >= 0.3 is 0 Å². The van der Waals surface area contributed by atoms with Crippen LogP contribution in [0.15, 0.2) is 24.3 Å². The molecule has 0 unspecified atom stereocenters. The van der Waals surface area contributed by atoms with Gasteiger partial charge in [0, 0.05) is 0 Å². The average molecular weight is 223 g/mol. The van der Waals surface area contributed by atoms with E-state index in [1.54, 1.807) is 0 Å². The minimum atomic E-state index is 0. The Bertz CT molecular complexity index is 290. The lowest BCUT2D eigenvalue weighted by Gasteiger charge is -2.29. The van der Waals surface area contributed by atoms with Crippen LogP contribution < -0.4 is 4.48 Å². The minimum absolute atomic E-state index is 0. The number of hydrogen-bond donors (Lipinski definition) is 0. The van der Waals surface area contributed by atoms with Crippen LogP contribution in [0.1, 0.15) is 31.7 Å². The fourth-order valence-corrected chi connectivity index (χ4v) is 1.83. The number of aryl methyl sites for hydroxylation is 1.